The molecule has 0 saturated carbocycles. The van der Waals surface area contributed by atoms with Gasteiger partial charge in [0.25, 0.3) is 0 Å². The second-order valence-corrected chi connectivity index (χ2v) is 9.37. The topological polar surface area (TPSA) is 67.3 Å². The number of para-hydroxylation sites is 1. The number of benzene rings is 1. The Balaban J connectivity index is 1.57. The van der Waals surface area contributed by atoms with Gasteiger partial charge in [-0.2, -0.15) is 13.2 Å². The maximum atomic E-state index is 13.0. The van der Waals surface area contributed by atoms with Gasteiger partial charge in [0.2, 0.25) is 0 Å². The first kappa shape index (κ1) is 23.1. The monoisotopic (exact) mass is 460 g/mol. The number of fused-ring (bicyclic) bond motifs is 1. The summed E-state index contributed by atoms with van der Waals surface area (Å²) in [7, 11) is 0. The largest absolute Gasteiger partial charge is 0.444 e. The fourth-order valence-electron chi connectivity index (χ4n) is 4.00. The Morgan fingerprint density at radius 1 is 1.18 bits per heavy atom. The number of rotatable bonds is 3. The van der Waals surface area contributed by atoms with Crippen LogP contribution in [0.25, 0.3) is 16.5 Å². The Bertz CT molecular complexity index is 1110. The molecule has 2 heterocycles. The molecule has 1 aromatic heterocycles. The van der Waals surface area contributed by atoms with E-state index in [9.17, 15) is 18.0 Å². The number of aromatic nitrogens is 2. The maximum absolute atomic E-state index is 13.0. The summed E-state index contributed by atoms with van der Waals surface area (Å²) in [6.45, 7) is 6.66. The van der Waals surface area contributed by atoms with E-state index >= 15 is 0 Å². The van der Waals surface area contributed by atoms with Gasteiger partial charge in [-0.1, -0.05) is 30.4 Å². The highest BCUT2D eigenvalue weighted by Crippen LogP contribution is 2.35. The number of nitrogens with one attached hydrogen (secondary N) is 1. The summed E-state index contributed by atoms with van der Waals surface area (Å²) >= 11 is 0. The summed E-state index contributed by atoms with van der Waals surface area (Å²) in [4.78, 5) is 23.6. The number of carbonyl (C=O) groups excluding carboxylic acids is 1. The van der Waals surface area contributed by atoms with Crippen molar-refractivity contribution in [3.63, 3.8) is 0 Å². The smallest absolute Gasteiger partial charge is 0.407 e. The number of ether oxygens (including phenoxy) is 1. The molecule has 0 spiro atoms. The Labute approximate surface area is 190 Å². The van der Waals surface area contributed by atoms with Crippen LogP contribution in [0.5, 0.6) is 0 Å². The van der Waals surface area contributed by atoms with Gasteiger partial charge in [-0.15, -0.1) is 0 Å². The van der Waals surface area contributed by atoms with Crippen LogP contribution in [0.15, 0.2) is 42.5 Å². The first-order valence-corrected chi connectivity index (χ1v) is 11.0. The van der Waals surface area contributed by atoms with Crippen LogP contribution in [0.1, 0.15) is 39.4 Å². The van der Waals surface area contributed by atoms with Crippen LogP contribution in [0, 0.1) is 5.92 Å². The number of hydrogen-bond acceptors (Lipinski definition) is 5. The minimum absolute atomic E-state index is 0.0987. The summed E-state index contributed by atoms with van der Waals surface area (Å²) in [5, 5.41) is 3.76. The molecule has 1 amide bonds. The van der Waals surface area contributed by atoms with Crippen molar-refractivity contribution in [1.29, 1.82) is 0 Å². The lowest BCUT2D eigenvalue weighted by molar-refractivity contribution is -0.160. The quantitative estimate of drug-likeness (QED) is 0.677. The molecule has 176 valence electrons. The standard InChI is InChI=1S/C24H27F3N4O2/c1-23(2,3)33-22(32)28-17-12-13-31(14-17)21-18-6-4-5-7-19(18)29-20(30-21)15-8-10-16(11-9-15)24(25,26)27/h4-10,16-17H,11-14H2,1-3H3,(H,28,32). The first-order chi connectivity index (χ1) is 15.5. The van der Waals surface area contributed by atoms with Crippen molar-refractivity contribution in [3.8, 4) is 0 Å². The highest BCUT2D eigenvalue weighted by molar-refractivity contribution is 5.91. The van der Waals surface area contributed by atoms with E-state index in [1.807, 2.05) is 45.0 Å². The van der Waals surface area contributed by atoms with E-state index in [0.29, 0.717) is 35.8 Å². The van der Waals surface area contributed by atoms with Crippen LogP contribution in [0.2, 0.25) is 0 Å². The van der Waals surface area contributed by atoms with Crippen molar-refractivity contribution in [3.05, 3.63) is 48.3 Å². The van der Waals surface area contributed by atoms with Gasteiger partial charge in [0.1, 0.15) is 11.4 Å². The van der Waals surface area contributed by atoms with Crippen molar-refractivity contribution >= 4 is 28.4 Å². The molecule has 1 N–H and O–H groups in total. The Morgan fingerprint density at radius 2 is 1.94 bits per heavy atom. The van der Waals surface area contributed by atoms with Crippen LogP contribution >= 0.6 is 0 Å². The lowest BCUT2D eigenvalue weighted by atomic mass is 9.96. The van der Waals surface area contributed by atoms with Crippen molar-refractivity contribution in [2.45, 2.75) is 51.4 Å². The highest BCUT2D eigenvalue weighted by atomic mass is 19.4. The number of anilines is 1. The number of allylic oxidation sites excluding steroid dienone is 4. The molecular formula is C24H27F3N4O2. The van der Waals surface area contributed by atoms with Crippen LogP contribution in [0.4, 0.5) is 23.8 Å². The van der Waals surface area contributed by atoms with E-state index in [1.54, 1.807) is 6.08 Å². The van der Waals surface area contributed by atoms with Crippen LogP contribution in [-0.2, 0) is 4.74 Å². The fraction of sp³-hybridized carbons (Fsp3) is 0.458. The van der Waals surface area contributed by atoms with Crippen molar-refractivity contribution in [2.24, 2.45) is 5.92 Å². The van der Waals surface area contributed by atoms with E-state index in [-0.39, 0.29) is 12.5 Å². The van der Waals surface area contributed by atoms with E-state index in [1.165, 1.54) is 12.2 Å². The van der Waals surface area contributed by atoms with E-state index in [4.69, 9.17) is 9.72 Å². The zero-order valence-corrected chi connectivity index (χ0v) is 18.8. The molecule has 2 aliphatic rings. The highest BCUT2D eigenvalue weighted by Gasteiger charge is 2.38. The number of halogens is 3. The molecule has 1 fully saturated rings. The van der Waals surface area contributed by atoms with Crippen molar-refractivity contribution < 1.29 is 22.7 Å². The SMILES string of the molecule is CC(C)(C)OC(=O)NC1CCN(c2nc(C3=CCC(C(F)(F)F)C=C3)nc3ccccc23)C1. The third kappa shape index (κ3) is 5.46. The van der Waals surface area contributed by atoms with Gasteiger partial charge >= 0.3 is 12.3 Å². The minimum Gasteiger partial charge on any atom is -0.444 e. The predicted octanol–water partition coefficient (Wildman–Crippen LogP) is 5.26. The van der Waals surface area contributed by atoms with Gasteiger partial charge in [0, 0.05) is 24.0 Å². The zero-order valence-electron chi connectivity index (χ0n) is 18.8. The number of nitrogens with zero attached hydrogens (tertiary/aromatic N) is 3. The van der Waals surface area contributed by atoms with Gasteiger partial charge in [-0.25, -0.2) is 14.8 Å². The molecule has 2 unspecified atom stereocenters. The normalized spacial score (nSPS) is 21.3. The number of alkyl halides is 3. The second-order valence-electron chi connectivity index (χ2n) is 9.37. The third-order valence-corrected chi connectivity index (χ3v) is 5.57. The Kier molecular flexibility index (Phi) is 6.07. The van der Waals surface area contributed by atoms with E-state index < -0.39 is 23.8 Å². The summed E-state index contributed by atoms with van der Waals surface area (Å²) in [6, 6.07) is 7.45. The van der Waals surface area contributed by atoms with Gasteiger partial charge < -0.3 is 15.0 Å². The molecule has 1 aromatic carbocycles. The molecule has 1 saturated heterocycles. The molecule has 33 heavy (non-hydrogen) atoms. The van der Waals surface area contributed by atoms with Gasteiger partial charge in [-0.3, -0.25) is 0 Å². The molecule has 1 aliphatic heterocycles. The Morgan fingerprint density at radius 3 is 2.61 bits per heavy atom. The lowest BCUT2D eigenvalue weighted by Crippen LogP contribution is -2.40. The van der Waals surface area contributed by atoms with Crippen LogP contribution in [0.3, 0.4) is 0 Å². The molecular weight excluding hydrogens is 433 g/mol. The van der Waals surface area contributed by atoms with E-state index in [2.05, 4.69) is 15.2 Å². The Hall–Kier alpha value is -3.10. The van der Waals surface area contributed by atoms with Gasteiger partial charge in [0.15, 0.2) is 5.82 Å². The number of hydrogen-bond donors (Lipinski definition) is 1. The molecule has 2 atom stereocenters. The molecule has 0 bridgehead atoms. The fourth-order valence-corrected chi connectivity index (χ4v) is 4.00. The van der Waals surface area contributed by atoms with Crippen LogP contribution in [-0.4, -0.2) is 47.0 Å². The molecule has 1 aliphatic carbocycles. The molecule has 4 rings (SSSR count). The average molecular weight is 461 g/mol. The number of amides is 1. The summed E-state index contributed by atoms with van der Waals surface area (Å²) in [5.74, 6) is -0.389. The average Bonchev–Trinajstić information content (AvgIpc) is 3.19. The summed E-state index contributed by atoms with van der Waals surface area (Å²) < 4.78 is 44.4. The zero-order chi connectivity index (χ0) is 23.8. The van der Waals surface area contributed by atoms with Crippen LogP contribution < -0.4 is 10.2 Å². The second kappa shape index (κ2) is 8.68. The molecule has 0 radical (unpaired) electrons. The number of carbonyl (C=O) groups is 1. The molecule has 6 nitrogen and oxygen atoms in total. The van der Waals surface area contributed by atoms with Crippen molar-refractivity contribution in [1.82, 2.24) is 15.3 Å². The first-order valence-electron chi connectivity index (χ1n) is 11.0. The maximum Gasteiger partial charge on any atom is 0.407 e. The van der Waals surface area contributed by atoms with E-state index in [0.717, 1.165) is 11.8 Å². The molecule has 2 aromatic rings. The van der Waals surface area contributed by atoms with Gasteiger partial charge in [-0.05, 0) is 45.7 Å². The van der Waals surface area contributed by atoms with Gasteiger partial charge in [0.05, 0.1) is 17.5 Å². The minimum atomic E-state index is -4.26. The summed E-state index contributed by atoms with van der Waals surface area (Å²) in [6.07, 6.45) is 0.0354. The predicted molar refractivity (Wildman–Crippen MR) is 121 cm³/mol. The third-order valence-electron chi connectivity index (χ3n) is 5.57. The molecule has 9 heteroatoms. The van der Waals surface area contributed by atoms with Crippen molar-refractivity contribution in [2.75, 3.05) is 18.0 Å². The number of alkyl carbamates (subject to hydrolysis) is 1. The summed E-state index contributed by atoms with van der Waals surface area (Å²) in [5.41, 5.74) is 0.713. The lowest BCUT2D eigenvalue weighted by Gasteiger charge is -2.23.